The van der Waals surface area contributed by atoms with Crippen LogP contribution in [0.2, 0.25) is 5.02 Å². The topological polar surface area (TPSA) is 70.2 Å². The number of benzene rings is 1. The third-order valence-corrected chi connectivity index (χ3v) is 5.25. The molecule has 0 spiro atoms. The van der Waals surface area contributed by atoms with E-state index in [0.29, 0.717) is 23.9 Å². The van der Waals surface area contributed by atoms with Crippen LogP contribution in [0.3, 0.4) is 0 Å². The summed E-state index contributed by atoms with van der Waals surface area (Å²) in [6.45, 7) is 5.34. The smallest absolute Gasteiger partial charge is 0.220 e. The van der Waals surface area contributed by atoms with Crippen LogP contribution >= 0.6 is 11.6 Å². The Hall–Kier alpha value is -2.34. The largest absolute Gasteiger partial charge is 0.370 e. The van der Waals surface area contributed by atoms with E-state index in [-0.39, 0.29) is 5.91 Å². The highest BCUT2D eigenvalue weighted by Gasteiger charge is 2.22. The van der Waals surface area contributed by atoms with E-state index in [4.69, 9.17) is 11.6 Å². The number of nitrogens with one attached hydrogen (secondary N) is 2. The van der Waals surface area contributed by atoms with Gasteiger partial charge in [0.2, 0.25) is 5.91 Å². The van der Waals surface area contributed by atoms with Crippen molar-refractivity contribution in [1.29, 1.82) is 0 Å². The number of anilines is 2. The lowest BCUT2D eigenvalue weighted by Crippen LogP contribution is -2.36. The van der Waals surface area contributed by atoms with Gasteiger partial charge in [0.15, 0.2) is 0 Å². The van der Waals surface area contributed by atoms with Crippen molar-refractivity contribution in [3.8, 4) is 0 Å². The predicted octanol–water partition coefficient (Wildman–Crippen LogP) is 3.87. The fourth-order valence-corrected chi connectivity index (χ4v) is 3.79. The molecule has 28 heavy (non-hydrogen) atoms. The first-order valence-electron chi connectivity index (χ1n) is 9.96. The van der Waals surface area contributed by atoms with Gasteiger partial charge in [0, 0.05) is 43.7 Å². The van der Waals surface area contributed by atoms with Gasteiger partial charge < -0.3 is 15.5 Å². The number of aromatic nitrogens is 2. The third-order valence-electron chi connectivity index (χ3n) is 5.01. The highest BCUT2D eigenvalue weighted by molar-refractivity contribution is 6.30. The lowest BCUT2D eigenvalue weighted by atomic mass is 9.93. The van der Waals surface area contributed by atoms with Crippen LogP contribution < -0.4 is 15.5 Å². The highest BCUT2D eigenvalue weighted by atomic mass is 35.5. The van der Waals surface area contributed by atoms with Crippen LogP contribution in [-0.4, -0.2) is 35.5 Å². The molecule has 0 aliphatic carbocycles. The number of hydrogen-bond acceptors (Lipinski definition) is 5. The number of hydrogen-bond donors (Lipinski definition) is 2. The summed E-state index contributed by atoms with van der Waals surface area (Å²) >= 11 is 5.98. The summed E-state index contributed by atoms with van der Waals surface area (Å²) in [6, 6.07) is 9.58. The summed E-state index contributed by atoms with van der Waals surface area (Å²) in [4.78, 5) is 23.2. The second-order valence-corrected chi connectivity index (χ2v) is 7.63. The lowest BCUT2D eigenvalue weighted by Gasteiger charge is -2.33. The molecule has 1 aliphatic rings. The first-order valence-corrected chi connectivity index (χ1v) is 10.3. The minimum atomic E-state index is 0.0913. The van der Waals surface area contributed by atoms with E-state index in [1.165, 1.54) is 0 Å². The second-order valence-electron chi connectivity index (χ2n) is 7.19. The quantitative estimate of drug-likeness (QED) is 0.702. The molecule has 2 heterocycles. The second kappa shape index (κ2) is 10.3. The molecular weight excluding hydrogens is 374 g/mol. The molecule has 1 aromatic heterocycles. The molecule has 0 saturated carbocycles. The predicted molar refractivity (Wildman–Crippen MR) is 114 cm³/mol. The molecule has 2 N–H and O–H groups in total. The molecule has 1 aliphatic heterocycles. The first kappa shape index (κ1) is 20.4. The van der Waals surface area contributed by atoms with Gasteiger partial charge in [-0.2, -0.15) is 0 Å². The Labute approximate surface area is 171 Å². The highest BCUT2D eigenvalue weighted by Crippen LogP contribution is 2.25. The SMILES string of the molecule is CCNc1cc(N2CCC[C@@H](CCC(=O)NCc3cccc(Cl)c3)C2)ncn1. The van der Waals surface area contributed by atoms with Gasteiger partial charge in [-0.15, -0.1) is 0 Å². The normalized spacial score (nSPS) is 16.6. The lowest BCUT2D eigenvalue weighted by molar-refractivity contribution is -0.121. The molecule has 7 heteroatoms. The number of nitrogens with zero attached hydrogens (tertiary/aromatic N) is 3. The molecule has 1 atom stereocenters. The minimum Gasteiger partial charge on any atom is -0.370 e. The maximum atomic E-state index is 12.2. The van der Waals surface area contributed by atoms with Crippen LogP contribution in [0.4, 0.5) is 11.6 Å². The number of amides is 1. The van der Waals surface area contributed by atoms with E-state index >= 15 is 0 Å². The van der Waals surface area contributed by atoms with Crippen molar-refractivity contribution in [1.82, 2.24) is 15.3 Å². The van der Waals surface area contributed by atoms with E-state index in [9.17, 15) is 4.79 Å². The molecule has 1 saturated heterocycles. The summed E-state index contributed by atoms with van der Waals surface area (Å²) < 4.78 is 0. The van der Waals surface area contributed by atoms with Crippen LogP contribution in [0.25, 0.3) is 0 Å². The number of rotatable bonds is 8. The van der Waals surface area contributed by atoms with Gasteiger partial charge in [0.05, 0.1) is 0 Å². The fraction of sp³-hybridized carbons (Fsp3) is 0.476. The van der Waals surface area contributed by atoms with Crippen molar-refractivity contribution in [2.75, 3.05) is 29.9 Å². The molecule has 150 valence electrons. The Bertz CT molecular complexity index is 785. The maximum Gasteiger partial charge on any atom is 0.220 e. The van der Waals surface area contributed by atoms with E-state index in [2.05, 4.69) is 32.4 Å². The van der Waals surface area contributed by atoms with Crippen LogP contribution in [0.5, 0.6) is 0 Å². The Morgan fingerprint density at radius 2 is 2.21 bits per heavy atom. The van der Waals surface area contributed by atoms with Gasteiger partial charge in [0.25, 0.3) is 0 Å². The van der Waals surface area contributed by atoms with E-state index in [1.807, 2.05) is 30.3 Å². The van der Waals surface area contributed by atoms with Crippen molar-refractivity contribution in [2.45, 2.75) is 39.2 Å². The Kier molecular flexibility index (Phi) is 7.48. The monoisotopic (exact) mass is 401 g/mol. The molecule has 6 nitrogen and oxygen atoms in total. The van der Waals surface area contributed by atoms with Crippen LogP contribution in [-0.2, 0) is 11.3 Å². The summed E-state index contributed by atoms with van der Waals surface area (Å²) in [5, 5.41) is 6.91. The van der Waals surface area contributed by atoms with E-state index in [0.717, 1.165) is 56.1 Å². The number of piperidine rings is 1. The number of carbonyl (C=O) groups is 1. The number of halogens is 1. The Morgan fingerprint density at radius 1 is 1.32 bits per heavy atom. The fourth-order valence-electron chi connectivity index (χ4n) is 3.58. The van der Waals surface area contributed by atoms with Crippen molar-refractivity contribution >= 4 is 29.1 Å². The summed E-state index contributed by atoms with van der Waals surface area (Å²) in [5.41, 5.74) is 1.02. The summed E-state index contributed by atoms with van der Waals surface area (Å²) in [7, 11) is 0. The Balaban J connectivity index is 1.45. The number of carbonyl (C=O) groups excluding carboxylic acids is 1. The average Bonchev–Trinajstić information content (AvgIpc) is 2.71. The van der Waals surface area contributed by atoms with Gasteiger partial charge in [0.1, 0.15) is 18.0 Å². The molecule has 1 amide bonds. The van der Waals surface area contributed by atoms with Gasteiger partial charge in [-0.3, -0.25) is 4.79 Å². The van der Waals surface area contributed by atoms with E-state index < -0.39 is 0 Å². The van der Waals surface area contributed by atoms with Crippen LogP contribution in [0.15, 0.2) is 36.7 Å². The van der Waals surface area contributed by atoms with Crippen molar-refractivity contribution in [3.05, 3.63) is 47.2 Å². The Morgan fingerprint density at radius 3 is 3.04 bits per heavy atom. The van der Waals surface area contributed by atoms with Crippen molar-refractivity contribution in [2.24, 2.45) is 5.92 Å². The molecule has 1 aromatic carbocycles. The van der Waals surface area contributed by atoms with Gasteiger partial charge >= 0.3 is 0 Å². The molecule has 2 aromatic rings. The summed E-state index contributed by atoms with van der Waals surface area (Å²) in [5.74, 6) is 2.41. The summed E-state index contributed by atoms with van der Waals surface area (Å²) in [6.07, 6.45) is 5.33. The zero-order valence-corrected chi connectivity index (χ0v) is 17.1. The standard InChI is InChI=1S/C21H28ClN5O/c1-2-23-19-12-20(26-15-25-19)27-10-4-6-16(14-27)8-9-21(28)24-13-17-5-3-7-18(22)11-17/h3,5,7,11-12,15-16H,2,4,6,8-10,13-14H2,1H3,(H,24,28)(H,23,25,26)/t16-/m0/s1. The zero-order valence-electron chi connectivity index (χ0n) is 16.3. The molecule has 0 radical (unpaired) electrons. The van der Waals surface area contributed by atoms with Crippen molar-refractivity contribution in [3.63, 3.8) is 0 Å². The van der Waals surface area contributed by atoms with Crippen LogP contribution in [0, 0.1) is 5.92 Å². The molecule has 0 unspecified atom stereocenters. The van der Waals surface area contributed by atoms with Crippen molar-refractivity contribution < 1.29 is 4.79 Å². The van der Waals surface area contributed by atoms with Gasteiger partial charge in [-0.05, 0) is 49.8 Å². The maximum absolute atomic E-state index is 12.2. The van der Waals surface area contributed by atoms with Gasteiger partial charge in [-0.25, -0.2) is 9.97 Å². The van der Waals surface area contributed by atoms with Gasteiger partial charge in [-0.1, -0.05) is 23.7 Å². The first-order chi connectivity index (χ1) is 13.6. The average molecular weight is 402 g/mol. The van der Waals surface area contributed by atoms with Crippen LogP contribution in [0.1, 0.15) is 38.2 Å². The zero-order chi connectivity index (χ0) is 19.8. The third kappa shape index (κ3) is 6.09. The molecule has 0 bridgehead atoms. The minimum absolute atomic E-state index is 0.0913. The molecular formula is C21H28ClN5O. The molecule has 1 fully saturated rings. The van der Waals surface area contributed by atoms with E-state index in [1.54, 1.807) is 6.33 Å². The molecule has 3 rings (SSSR count).